The Hall–Kier alpha value is -3.78. The predicted molar refractivity (Wildman–Crippen MR) is 127 cm³/mol. The molecular formula is C24H20N6OS. The number of rotatable bonds is 5. The minimum Gasteiger partial charge on any atom is -0.323 e. The lowest BCUT2D eigenvalue weighted by Gasteiger charge is -2.07. The zero-order valence-corrected chi connectivity index (χ0v) is 18.3. The van der Waals surface area contributed by atoms with Crippen LogP contribution in [0.2, 0.25) is 0 Å². The summed E-state index contributed by atoms with van der Waals surface area (Å²) in [4.78, 5) is 18.2. The van der Waals surface area contributed by atoms with Gasteiger partial charge in [-0.15, -0.1) is 11.3 Å². The van der Waals surface area contributed by atoms with E-state index in [1.165, 1.54) is 10.2 Å². The monoisotopic (exact) mass is 440 g/mol. The Labute approximate surface area is 187 Å². The van der Waals surface area contributed by atoms with Crippen LogP contribution in [0.1, 0.15) is 16.1 Å². The summed E-state index contributed by atoms with van der Waals surface area (Å²) in [5, 5.41) is 14.5. The summed E-state index contributed by atoms with van der Waals surface area (Å²) in [6.45, 7) is 0.389. The van der Waals surface area contributed by atoms with Crippen molar-refractivity contribution in [2.75, 3.05) is 0 Å². The molecule has 4 aromatic heterocycles. The number of aryl methyl sites for hydroxylation is 3. The summed E-state index contributed by atoms with van der Waals surface area (Å²) in [5.41, 5.74) is 4.63. The maximum atomic E-state index is 13.3. The van der Waals surface area contributed by atoms with Crippen molar-refractivity contribution >= 4 is 43.5 Å². The highest BCUT2D eigenvalue weighted by Crippen LogP contribution is 2.31. The van der Waals surface area contributed by atoms with Gasteiger partial charge in [-0.25, -0.2) is 9.67 Å². The summed E-state index contributed by atoms with van der Waals surface area (Å²) in [7, 11) is 1.91. The third-order valence-corrected chi connectivity index (χ3v) is 7.07. The Morgan fingerprint density at radius 2 is 1.88 bits per heavy atom. The lowest BCUT2D eigenvalue weighted by atomic mass is 10.1. The first-order valence-corrected chi connectivity index (χ1v) is 11.3. The first-order chi connectivity index (χ1) is 15.7. The second-order valence-corrected chi connectivity index (χ2v) is 9.01. The van der Waals surface area contributed by atoms with Crippen LogP contribution in [-0.2, 0) is 26.4 Å². The number of thiazole rings is 1. The van der Waals surface area contributed by atoms with Gasteiger partial charge in [0.15, 0.2) is 5.65 Å². The van der Waals surface area contributed by atoms with E-state index in [1.807, 2.05) is 35.9 Å². The van der Waals surface area contributed by atoms with Gasteiger partial charge in [0.25, 0.3) is 5.56 Å². The van der Waals surface area contributed by atoms with Crippen molar-refractivity contribution in [3.8, 4) is 0 Å². The Morgan fingerprint density at radius 3 is 2.75 bits per heavy atom. The van der Waals surface area contributed by atoms with Crippen molar-refractivity contribution in [3.63, 3.8) is 0 Å². The first-order valence-electron chi connectivity index (χ1n) is 10.5. The molecule has 0 aliphatic carbocycles. The summed E-state index contributed by atoms with van der Waals surface area (Å²) in [5.74, 6) is 0. The van der Waals surface area contributed by atoms with E-state index < -0.39 is 0 Å². The Kier molecular flexibility index (Phi) is 4.39. The smallest absolute Gasteiger partial charge is 0.291 e. The fraction of sp³-hybridized carbons (Fsp3) is 0.167. The van der Waals surface area contributed by atoms with E-state index in [0.717, 1.165) is 50.0 Å². The molecule has 8 heteroatoms. The van der Waals surface area contributed by atoms with Gasteiger partial charge in [-0.05, 0) is 23.6 Å². The first kappa shape index (κ1) is 18.9. The van der Waals surface area contributed by atoms with Crippen molar-refractivity contribution < 1.29 is 0 Å². The van der Waals surface area contributed by atoms with Crippen LogP contribution in [0.15, 0.2) is 65.7 Å². The van der Waals surface area contributed by atoms with E-state index in [9.17, 15) is 4.79 Å². The van der Waals surface area contributed by atoms with Crippen LogP contribution in [0.25, 0.3) is 32.2 Å². The molecule has 0 bridgehead atoms. The third-order valence-electron chi connectivity index (χ3n) is 5.94. The summed E-state index contributed by atoms with van der Waals surface area (Å²) >= 11 is 1.66. The van der Waals surface area contributed by atoms with E-state index in [4.69, 9.17) is 4.98 Å². The van der Waals surface area contributed by atoms with Gasteiger partial charge in [-0.3, -0.25) is 9.89 Å². The number of aromatic nitrogens is 6. The molecule has 32 heavy (non-hydrogen) atoms. The molecule has 0 radical (unpaired) electrons. The molecule has 1 N–H and O–H groups in total. The molecule has 0 amide bonds. The molecule has 0 atom stereocenters. The van der Waals surface area contributed by atoms with Gasteiger partial charge in [-0.1, -0.05) is 42.5 Å². The molecule has 6 rings (SSSR count). The highest BCUT2D eigenvalue weighted by atomic mass is 32.1. The SMILES string of the molecule is Cn1c2nc(CCc3ccccc3)sc2c2cnn(Cc3cccc4[nH]ncc34)c(=O)c21. The summed E-state index contributed by atoms with van der Waals surface area (Å²) in [6, 6.07) is 16.4. The number of hydrogen-bond acceptors (Lipinski definition) is 5. The number of H-pyrrole nitrogens is 1. The Balaban J connectivity index is 1.37. The number of nitrogens with one attached hydrogen (secondary N) is 1. The van der Waals surface area contributed by atoms with Crippen LogP contribution in [0.4, 0.5) is 0 Å². The number of fused-ring (bicyclic) bond motifs is 4. The van der Waals surface area contributed by atoms with Crippen molar-refractivity contribution in [1.82, 2.24) is 29.5 Å². The van der Waals surface area contributed by atoms with Gasteiger partial charge in [0.2, 0.25) is 0 Å². The van der Waals surface area contributed by atoms with Crippen molar-refractivity contribution in [2.24, 2.45) is 7.05 Å². The van der Waals surface area contributed by atoms with Gasteiger partial charge in [0.05, 0.1) is 34.2 Å². The van der Waals surface area contributed by atoms with Gasteiger partial charge >= 0.3 is 0 Å². The zero-order valence-electron chi connectivity index (χ0n) is 17.4. The molecule has 0 spiro atoms. The van der Waals surface area contributed by atoms with E-state index in [1.54, 1.807) is 23.7 Å². The van der Waals surface area contributed by atoms with Gasteiger partial charge in [-0.2, -0.15) is 10.2 Å². The molecule has 158 valence electrons. The number of aromatic amines is 1. The van der Waals surface area contributed by atoms with Crippen LogP contribution in [-0.4, -0.2) is 29.5 Å². The van der Waals surface area contributed by atoms with Crippen molar-refractivity contribution in [1.29, 1.82) is 0 Å². The molecule has 4 heterocycles. The molecule has 0 saturated heterocycles. The predicted octanol–water partition coefficient (Wildman–Crippen LogP) is 4.05. The normalized spacial score (nSPS) is 11.8. The van der Waals surface area contributed by atoms with Crippen molar-refractivity contribution in [3.05, 3.63) is 87.4 Å². The average Bonchev–Trinajstić information content (AvgIpc) is 3.52. The minimum absolute atomic E-state index is 0.110. The quantitative estimate of drug-likeness (QED) is 0.438. The van der Waals surface area contributed by atoms with Crippen molar-refractivity contribution in [2.45, 2.75) is 19.4 Å². The largest absolute Gasteiger partial charge is 0.323 e. The van der Waals surface area contributed by atoms with Crippen LogP contribution in [0, 0.1) is 0 Å². The highest BCUT2D eigenvalue weighted by molar-refractivity contribution is 7.19. The maximum Gasteiger partial charge on any atom is 0.291 e. The van der Waals surface area contributed by atoms with Crippen LogP contribution in [0.3, 0.4) is 0 Å². The Morgan fingerprint density at radius 1 is 1.00 bits per heavy atom. The molecule has 2 aromatic carbocycles. The number of benzene rings is 2. The topological polar surface area (TPSA) is 81.4 Å². The molecule has 0 unspecified atom stereocenters. The lowest BCUT2D eigenvalue weighted by molar-refractivity contribution is 0.647. The second kappa shape index (κ2) is 7.42. The zero-order chi connectivity index (χ0) is 21.7. The van der Waals surface area contributed by atoms with Gasteiger partial charge in [0.1, 0.15) is 5.52 Å². The number of hydrogen-bond donors (Lipinski definition) is 1. The summed E-state index contributed by atoms with van der Waals surface area (Å²) in [6.07, 6.45) is 5.41. The molecule has 0 aliphatic rings. The van der Waals surface area contributed by atoms with E-state index in [-0.39, 0.29) is 5.56 Å². The second-order valence-electron chi connectivity index (χ2n) is 7.92. The average molecular weight is 441 g/mol. The third kappa shape index (κ3) is 3.03. The minimum atomic E-state index is -0.110. The van der Waals surface area contributed by atoms with E-state index >= 15 is 0 Å². The van der Waals surface area contributed by atoms with Gasteiger partial charge in [0, 0.05) is 24.2 Å². The van der Waals surface area contributed by atoms with Crippen LogP contribution in [0.5, 0.6) is 0 Å². The Bertz CT molecular complexity index is 1640. The van der Waals surface area contributed by atoms with E-state index in [0.29, 0.717) is 12.1 Å². The molecule has 0 aliphatic heterocycles. The molecule has 7 nitrogen and oxygen atoms in total. The maximum absolute atomic E-state index is 13.3. The lowest BCUT2D eigenvalue weighted by Crippen LogP contribution is -2.24. The standard InChI is InChI=1S/C24H20N6OS/c1-29-21-18(22-23(29)27-20(32-22)11-10-15-6-3-2-4-7-15)13-26-30(24(21)31)14-16-8-5-9-19-17(16)12-25-28-19/h2-9,12-13H,10-11,14H2,1H3,(H,25,28). The molecule has 6 aromatic rings. The van der Waals surface area contributed by atoms with E-state index in [2.05, 4.69) is 39.6 Å². The molecule has 0 saturated carbocycles. The van der Waals surface area contributed by atoms with Crippen LogP contribution >= 0.6 is 11.3 Å². The summed E-state index contributed by atoms with van der Waals surface area (Å²) < 4.78 is 4.45. The highest BCUT2D eigenvalue weighted by Gasteiger charge is 2.18. The molecular weight excluding hydrogens is 420 g/mol. The van der Waals surface area contributed by atoms with Crippen LogP contribution < -0.4 is 5.56 Å². The fourth-order valence-electron chi connectivity index (χ4n) is 4.28. The molecule has 0 fully saturated rings. The fourth-order valence-corrected chi connectivity index (χ4v) is 5.38. The van der Waals surface area contributed by atoms with Gasteiger partial charge < -0.3 is 4.57 Å². The number of nitrogens with zero attached hydrogens (tertiary/aromatic N) is 5.